The number of fused-ring (bicyclic) bond motifs is 2. The minimum atomic E-state index is 0.558. The van der Waals surface area contributed by atoms with Gasteiger partial charge >= 0.3 is 0 Å². The highest BCUT2D eigenvalue weighted by molar-refractivity contribution is 5.94. The van der Waals surface area contributed by atoms with Crippen LogP contribution < -0.4 is 4.90 Å². The molecule has 0 radical (unpaired) electrons. The van der Waals surface area contributed by atoms with E-state index < -0.39 is 0 Å². The van der Waals surface area contributed by atoms with Crippen molar-refractivity contribution in [3.63, 3.8) is 0 Å². The summed E-state index contributed by atoms with van der Waals surface area (Å²) in [4.78, 5) is 16.2. The van der Waals surface area contributed by atoms with Crippen molar-refractivity contribution in [3.05, 3.63) is 72.0 Å². The predicted molar refractivity (Wildman–Crippen MR) is 117 cm³/mol. The molecule has 0 saturated carbocycles. The van der Waals surface area contributed by atoms with Gasteiger partial charge in [-0.2, -0.15) is 0 Å². The topological polar surface area (TPSA) is 36.7 Å². The van der Waals surface area contributed by atoms with Crippen molar-refractivity contribution < 1.29 is 9.21 Å². The zero-order valence-corrected chi connectivity index (χ0v) is 16.6. The molecule has 4 nitrogen and oxygen atoms in total. The Morgan fingerprint density at radius 3 is 2.90 bits per heavy atom. The Labute approximate surface area is 171 Å². The van der Waals surface area contributed by atoms with Crippen LogP contribution in [0.4, 0.5) is 5.69 Å². The summed E-state index contributed by atoms with van der Waals surface area (Å²) in [6, 6.07) is 16.8. The molecule has 1 aromatic heterocycles. The van der Waals surface area contributed by atoms with E-state index in [1.165, 1.54) is 36.9 Å². The van der Waals surface area contributed by atoms with E-state index in [0.29, 0.717) is 12.6 Å². The number of anilines is 1. The third kappa shape index (κ3) is 3.60. The van der Waals surface area contributed by atoms with Crippen LogP contribution in [0.25, 0.3) is 16.5 Å². The number of benzene rings is 2. The van der Waals surface area contributed by atoms with Crippen molar-refractivity contribution in [3.8, 4) is 0 Å². The fourth-order valence-corrected chi connectivity index (χ4v) is 4.73. The van der Waals surface area contributed by atoms with Crippen molar-refractivity contribution in [2.24, 2.45) is 0 Å². The minimum absolute atomic E-state index is 0.558. The number of nitrogens with zero attached hydrogens (tertiary/aromatic N) is 2. The van der Waals surface area contributed by atoms with Gasteiger partial charge in [-0.1, -0.05) is 42.8 Å². The molecule has 1 atom stereocenters. The van der Waals surface area contributed by atoms with E-state index in [2.05, 4.69) is 17.0 Å². The quantitative estimate of drug-likeness (QED) is 0.563. The van der Waals surface area contributed by atoms with E-state index >= 15 is 0 Å². The molecule has 3 aromatic rings. The lowest BCUT2D eigenvalue weighted by Gasteiger charge is -2.38. The van der Waals surface area contributed by atoms with Gasteiger partial charge in [-0.15, -0.1) is 0 Å². The Hall–Kier alpha value is -2.85. The lowest BCUT2D eigenvalue weighted by atomic mass is 9.89. The summed E-state index contributed by atoms with van der Waals surface area (Å²) in [7, 11) is 0. The number of piperidine rings is 1. The Balaban J connectivity index is 1.46. The molecule has 1 fully saturated rings. The molecule has 2 aliphatic heterocycles. The van der Waals surface area contributed by atoms with Gasteiger partial charge in [-0.3, -0.25) is 9.69 Å². The zero-order chi connectivity index (χ0) is 19.6. The molecule has 0 bridgehead atoms. The second-order valence-corrected chi connectivity index (χ2v) is 8.13. The van der Waals surface area contributed by atoms with Gasteiger partial charge in [-0.05, 0) is 55.1 Å². The average molecular weight is 386 g/mol. The smallest absolute Gasteiger partial charge is 0.214 e. The molecule has 1 amide bonds. The van der Waals surface area contributed by atoms with Crippen molar-refractivity contribution in [2.75, 3.05) is 18.0 Å². The Kier molecular flexibility index (Phi) is 4.94. The fraction of sp³-hybridized carbons (Fsp3) is 0.320. The normalized spacial score (nSPS) is 19.6. The summed E-state index contributed by atoms with van der Waals surface area (Å²) in [5.41, 5.74) is 5.44. The summed E-state index contributed by atoms with van der Waals surface area (Å²) in [6.45, 7) is 2.81. The maximum atomic E-state index is 11.8. The van der Waals surface area contributed by atoms with Gasteiger partial charge in [-0.25, -0.2) is 0 Å². The Bertz CT molecular complexity index is 1040. The summed E-state index contributed by atoms with van der Waals surface area (Å²) < 4.78 is 5.86. The minimum Gasteiger partial charge on any atom is -0.464 e. The predicted octanol–water partition coefficient (Wildman–Crippen LogP) is 5.24. The first kappa shape index (κ1) is 18.2. The second kappa shape index (κ2) is 7.88. The number of furan rings is 1. The largest absolute Gasteiger partial charge is 0.464 e. The maximum absolute atomic E-state index is 11.8. The molecule has 0 aliphatic carbocycles. The number of carbonyl (C=O) groups is 1. The third-order valence-corrected chi connectivity index (χ3v) is 6.33. The molecule has 1 unspecified atom stereocenters. The zero-order valence-electron chi connectivity index (χ0n) is 16.6. The fourth-order valence-electron chi connectivity index (χ4n) is 4.73. The van der Waals surface area contributed by atoms with Gasteiger partial charge in [0.25, 0.3) is 0 Å². The molecule has 1 saturated heterocycles. The Morgan fingerprint density at radius 2 is 2.03 bits per heavy atom. The molecule has 5 rings (SSSR count). The van der Waals surface area contributed by atoms with Crippen LogP contribution in [0, 0.1) is 0 Å². The van der Waals surface area contributed by atoms with E-state index in [1.54, 1.807) is 4.90 Å². The summed E-state index contributed by atoms with van der Waals surface area (Å²) in [6.07, 6.45) is 10.2. The lowest BCUT2D eigenvalue weighted by Crippen LogP contribution is -2.41. The molecule has 3 heterocycles. The lowest BCUT2D eigenvalue weighted by molar-refractivity contribution is -0.107. The van der Waals surface area contributed by atoms with Gasteiger partial charge in [0, 0.05) is 29.2 Å². The molecule has 2 aromatic carbocycles. The van der Waals surface area contributed by atoms with Crippen LogP contribution in [-0.4, -0.2) is 30.4 Å². The van der Waals surface area contributed by atoms with E-state index in [1.807, 2.05) is 48.7 Å². The highest BCUT2D eigenvalue weighted by Crippen LogP contribution is 2.37. The molecular weight excluding hydrogens is 360 g/mol. The van der Waals surface area contributed by atoms with Crippen LogP contribution in [0.3, 0.4) is 0 Å². The highest BCUT2D eigenvalue weighted by atomic mass is 16.3. The first-order valence-corrected chi connectivity index (χ1v) is 10.5. The molecule has 0 spiro atoms. The summed E-state index contributed by atoms with van der Waals surface area (Å²) in [5, 5.41) is 1.10. The van der Waals surface area contributed by atoms with E-state index in [9.17, 15) is 4.79 Å². The van der Waals surface area contributed by atoms with E-state index in [0.717, 1.165) is 41.6 Å². The molecular formula is C25H26N2O2. The number of carbonyl (C=O) groups excluding carboxylic acids is 1. The second-order valence-electron chi connectivity index (χ2n) is 8.13. The van der Waals surface area contributed by atoms with Crippen molar-refractivity contribution in [2.45, 2.75) is 38.3 Å². The van der Waals surface area contributed by atoms with Gasteiger partial charge < -0.3 is 9.32 Å². The number of rotatable bonds is 5. The maximum Gasteiger partial charge on any atom is 0.214 e. The van der Waals surface area contributed by atoms with Gasteiger partial charge in [0.15, 0.2) is 0 Å². The SMILES string of the molecule is O=CN(Cc1ccccc1)c1ccc2occ(C3=CCN4CCCCC4C3)c2c1. The van der Waals surface area contributed by atoms with Gasteiger partial charge in [0.1, 0.15) is 5.58 Å². The number of hydrogen-bond acceptors (Lipinski definition) is 3. The standard InChI is InChI=1S/C25H26N2O2/c28-18-27(16-19-6-2-1-3-7-19)22-9-10-25-23(15-22)24(17-29-25)20-11-13-26-12-5-4-8-21(26)14-20/h1-3,6-7,9-11,15,17-18,21H,4-5,8,12-14,16H2. The van der Waals surface area contributed by atoms with E-state index in [-0.39, 0.29) is 0 Å². The van der Waals surface area contributed by atoms with Crippen molar-refractivity contribution in [1.82, 2.24) is 4.90 Å². The first-order chi connectivity index (χ1) is 14.3. The number of amides is 1. The van der Waals surface area contributed by atoms with Gasteiger partial charge in [0.05, 0.1) is 12.8 Å². The molecule has 148 valence electrons. The highest BCUT2D eigenvalue weighted by Gasteiger charge is 2.27. The van der Waals surface area contributed by atoms with Crippen LogP contribution in [0.5, 0.6) is 0 Å². The van der Waals surface area contributed by atoms with Gasteiger partial charge in [0.2, 0.25) is 6.41 Å². The van der Waals surface area contributed by atoms with E-state index in [4.69, 9.17) is 4.42 Å². The monoisotopic (exact) mass is 386 g/mol. The summed E-state index contributed by atoms with van der Waals surface area (Å²) >= 11 is 0. The summed E-state index contributed by atoms with van der Waals surface area (Å²) in [5.74, 6) is 0. The van der Waals surface area contributed by atoms with Crippen LogP contribution in [0.2, 0.25) is 0 Å². The molecule has 29 heavy (non-hydrogen) atoms. The van der Waals surface area contributed by atoms with Crippen LogP contribution in [-0.2, 0) is 11.3 Å². The van der Waals surface area contributed by atoms with Crippen LogP contribution >= 0.6 is 0 Å². The molecule has 2 aliphatic rings. The molecule has 4 heteroatoms. The number of hydrogen-bond donors (Lipinski definition) is 0. The third-order valence-electron chi connectivity index (χ3n) is 6.33. The van der Waals surface area contributed by atoms with Crippen molar-refractivity contribution in [1.29, 1.82) is 0 Å². The Morgan fingerprint density at radius 1 is 1.14 bits per heavy atom. The first-order valence-electron chi connectivity index (χ1n) is 10.5. The average Bonchev–Trinajstić information content (AvgIpc) is 3.21. The van der Waals surface area contributed by atoms with Crippen LogP contribution in [0.15, 0.2) is 65.3 Å². The molecule has 0 N–H and O–H groups in total. The van der Waals surface area contributed by atoms with Crippen molar-refractivity contribution >= 4 is 28.6 Å². The van der Waals surface area contributed by atoms with Crippen LogP contribution in [0.1, 0.15) is 36.8 Å².